The van der Waals surface area contributed by atoms with E-state index in [4.69, 9.17) is 11.6 Å². The Labute approximate surface area is 113 Å². The molecule has 0 saturated heterocycles. The van der Waals surface area contributed by atoms with Crippen molar-refractivity contribution in [1.82, 2.24) is 0 Å². The number of nitrogens with zero attached hydrogens (tertiary/aromatic N) is 1. The molecule has 0 spiro atoms. The Bertz CT molecular complexity index is 606. The third-order valence-electron chi connectivity index (χ3n) is 2.31. The molecule has 2 aromatic rings. The lowest BCUT2D eigenvalue weighted by Crippen LogP contribution is -2.03. The van der Waals surface area contributed by atoms with Crippen LogP contribution in [0.3, 0.4) is 0 Å². The van der Waals surface area contributed by atoms with Gasteiger partial charge in [0.1, 0.15) is 0 Å². The summed E-state index contributed by atoms with van der Waals surface area (Å²) in [7, 11) is 0. The second kappa shape index (κ2) is 5.45. The van der Waals surface area contributed by atoms with E-state index < -0.39 is 11.7 Å². The molecule has 1 radical (unpaired) electrons. The second-order valence-corrected chi connectivity index (χ2v) is 4.20. The molecule has 19 heavy (non-hydrogen) atoms. The number of hydrogen-bond acceptors (Lipinski definition) is 1. The zero-order valence-electron chi connectivity index (χ0n) is 9.58. The molecule has 2 aromatic carbocycles. The van der Waals surface area contributed by atoms with Crippen molar-refractivity contribution < 1.29 is 13.2 Å². The lowest BCUT2D eigenvalue weighted by Gasteiger charge is -2.06. The zero-order chi connectivity index (χ0) is 13.9. The third kappa shape index (κ3) is 3.83. The fourth-order valence-electron chi connectivity index (χ4n) is 1.44. The first-order chi connectivity index (χ1) is 8.95. The Balaban J connectivity index is 2.24. The van der Waals surface area contributed by atoms with Gasteiger partial charge in [-0.1, -0.05) is 23.7 Å². The molecule has 2 rings (SSSR count). The largest absolute Gasteiger partial charge is 0.416 e. The summed E-state index contributed by atoms with van der Waals surface area (Å²) >= 11 is 5.78. The molecule has 0 bridgehead atoms. The summed E-state index contributed by atoms with van der Waals surface area (Å²) in [6, 6.07) is 12.6. The van der Waals surface area contributed by atoms with Crippen LogP contribution in [0.5, 0.6) is 0 Å². The maximum atomic E-state index is 12.5. The summed E-state index contributed by atoms with van der Waals surface area (Å²) in [4.78, 5) is 3.98. The number of alkyl halides is 3. The highest BCUT2D eigenvalue weighted by atomic mass is 35.5. The molecular formula is C14H8ClF3N. The van der Waals surface area contributed by atoms with Crippen LogP contribution >= 0.6 is 11.6 Å². The van der Waals surface area contributed by atoms with E-state index in [-0.39, 0.29) is 5.69 Å². The average molecular weight is 283 g/mol. The van der Waals surface area contributed by atoms with Crippen LogP contribution in [0.4, 0.5) is 18.9 Å². The highest BCUT2D eigenvalue weighted by molar-refractivity contribution is 6.30. The summed E-state index contributed by atoms with van der Waals surface area (Å²) in [5, 5.41) is 0.518. The molecular weight excluding hydrogens is 275 g/mol. The van der Waals surface area contributed by atoms with Gasteiger partial charge in [-0.15, -0.1) is 0 Å². The minimum absolute atomic E-state index is 0.225. The smallest absolute Gasteiger partial charge is 0.256 e. The van der Waals surface area contributed by atoms with Crippen LogP contribution in [0.2, 0.25) is 5.02 Å². The SMILES string of the molecule is FC(F)(F)c1cccc(/N=C/c2[c]ccc(Cl)c2)c1. The molecule has 0 aliphatic heterocycles. The van der Waals surface area contributed by atoms with E-state index >= 15 is 0 Å². The van der Waals surface area contributed by atoms with Gasteiger partial charge in [0.05, 0.1) is 11.3 Å². The van der Waals surface area contributed by atoms with Crippen LogP contribution in [0.15, 0.2) is 47.5 Å². The van der Waals surface area contributed by atoms with Gasteiger partial charge in [0, 0.05) is 16.8 Å². The fraction of sp³-hybridized carbons (Fsp3) is 0.0714. The van der Waals surface area contributed by atoms with Crippen LogP contribution in [0, 0.1) is 6.07 Å². The Morgan fingerprint density at radius 1 is 1.16 bits per heavy atom. The normalized spacial score (nSPS) is 12.0. The first kappa shape index (κ1) is 13.6. The van der Waals surface area contributed by atoms with Gasteiger partial charge in [-0.3, -0.25) is 4.99 Å². The lowest BCUT2D eigenvalue weighted by molar-refractivity contribution is -0.137. The molecule has 0 aliphatic carbocycles. The van der Waals surface area contributed by atoms with Gasteiger partial charge in [-0.25, -0.2) is 0 Å². The molecule has 0 aromatic heterocycles. The quantitative estimate of drug-likeness (QED) is 0.694. The summed E-state index contributed by atoms with van der Waals surface area (Å²) in [6.07, 6.45) is -2.95. The van der Waals surface area contributed by atoms with Crippen LogP contribution in [-0.2, 0) is 6.18 Å². The van der Waals surface area contributed by atoms with Crippen LogP contribution < -0.4 is 0 Å². The van der Waals surface area contributed by atoms with Crippen LogP contribution in [0.1, 0.15) is 11.1 Å². The maximum absolute atomic E-state index is 12.5. The van der Waals surface area contributed by atoms with Gasteiger partial charge >= 0.3 is 6.18 Å². The molecule has 1 nitrogen and oxygen atoms in total. The van der Waals surface area contributed by atoms with Gasteiger partial charge < -0.3 is 0 Å². The monoisotopic (exact) mass is 282 g/mol. The fourth-order valence-corrected chi connectivity index (χ4v) is 1.62. The molecule has 5 heteroatoms. The van der Waals surface area contributed by atoms with Crippen molar-refractivity contribution in [1.29, 1.82) is 0 Å². The van der Waals surface area contributed by atoms with E-state index in [1.807, 2.05) is 0 Å². The van der Waals surface area contributed by atoms with E-state index in [2.05, 4.69) is 11.1 Å². The molecule has 0 heterocycles. The number of hydrogen-bond donors (Lipinski definition) is 0. The predicted molar refractivity (Wildman–Crippen MR) is 69.0 cm³/mol. The summed E-state index contributed by atoms with van der Waals surface area (Å²) < 4.78 is 37.5. The van der Waals surface area contributed by atoms with Crippen molar-refractivity contribution in [2.45, 2.75) is 6.18 Å². The summed E-state index contributed by atoms with van der Waals surface area (Å²) in [5.74, 6) is 0. The molecule has 0 amide bonds. The van der Waals surface area contributed by atoms with E-state index in [0.29, 0.717) is 10.6 Å². The van der Waals surface area contributed by atoms with E-state index in [9.17, 15) is 13.2 Å². The zero-order valence-corrected chi connectivity index (χ0v) is 10.3. The maximum Gasteiger partial charge on any atom is 0.416 e. The van der Waals surface area contributed by atoms with Gasteiger partial charge in [-0.2, -0.15) is 13.2 Å². The number of halogens is 4. The summed E-state index contributed by atoms with van der Waals surface area (Å²) in [6.45, 7) is 0. The Morgan fingerprint density at radius 2 is 1.95 bits per heavy atom. The average Bonchev–Trinajstić information content (AvgIpc) is 2.36. The van der Waals surface area contributed by atoms with Crippen molar-refractivity contribution in [3.63, 3.8) is 0 Å². The third-order valence-corrected chi connectivity index (χ3v) is 2.55. The first-order valence-corrected chi connectivity index (χ1v) is 5.71. The van der Waals surface area contributed by atoms with Crippen LogP contribution in [-0.4, -0.2) is 6.21 Å². The minimum atomic E-state index is -4.37. The molecule has 0 fully saturated rings. The molecule has 0 N–H and O–H groups in total. The van der Waals surface area contributed by atoms with Gasteiger partial charge in [0.25, 0.3) is 0 Å². The minimum Gasteiger partial charge on any atom is -0.256 e. The van der Waals surface area contributed by atoms with Crippen molar-refractivity contribution in [3.8, 4) is 0 Å². The highest BCUT2D eigenvalue weighted by Gasteiger charge is 2.30. The van der Waals surface area contributed by atoms with Crippen molar-refractivity contribution in [3.05, 3.63) is 64.7 Å². The van der Waals surface area contributed by atoms with Gasteiger partial charge in [0.15, 0.2) is 0 Å². The van der Waals surface area contributed by atoms with Crippen molar-refractivity contribution >= 4 is 23.5 Å². The first-order valence-electron chi connectivity index (χ1n) is 5.34. The number of aliphatic imine (C=N–C) groups is 1. The topological polar surface area (TPSA) is 12.4 Å². The van der Waals surface area contributed by atoms with E-state index in [1.54, 1.807) is 18.2 Å². The Hall–Kier alpha value is -1.81. The van der Waals surface area contributed by atoms with Gasteiger partial charge in [0.2, 0.25) is 0 Å². The lowest BCUT2D eigenvalue weighted by atomic mass is 10.2. The number of benzene rings is 2. The molecule has 0 atom stereocenters. The highest BCUT2D eigenvalue weighted by Crippen LogP contribution is 2.31. The van der Waals surface area contributed by atoms with E-state index in [0.717, 1.165) is 12.1 Å². The predicted octanol–water partition coefficient (Wildman–Crippen LogP) is 4.91. The molecule has 0 unspecified atom stereocenters. The van der Waals surface area contributed by atoms with E-state index in [1.165, 1.54) is 18.3 Å². The van der Waals surface area contributed by atoms with Gasteiger partial charge in [-0.05, 0) is 36.4 Å². The standard InChI is InChI=1S/C14H8ClF3N/c15-12-5-1-3-10(7-12)9-19-13-6-2-4-11(8-13)14(16,17)18/h1-2,4-9H/b19-9+. The molecule has 97 valence electrons. The Morgan fingerprint density at radius 3 is 2.63 bits per heavy atom. The molecule has 0 aliphatic rings. The summed E-state index contributed by atoms with van der Waals surface area (Å²) in [5.41, 5.74) is 0.102. The molecule has 0 saturated carbocycles. The van der Waals surface area contributed by atoms with Crippen LogP contribution in [0.25, 0.3) is 0 Å². The van der Waals surface area contributed by atoms with Crippen molar-refractivity contribution in [2.24, 2.45) is 4.99 Å². The number of rotatable bonds is 2. The van der Waals surface area contributed by atoms with Crippen molar-refractivity contribution in [2.75, 3.05) is 0 Å². The second-order valence-electron chi connectivity index (χ2n) is 3.77. The Kier molecular flexibility index (Phi) is 3.90.